The Balaban J connectivity index is 2.19. The molecule has 0 spiro atoms. The fourth-order valence-corrected chi connectivity index (χ4v) is 1.86. The molecular weight excluding hydrogens is 239 g/mol. The van der Waals surface area contributed by atoms with Crippen molar-refractivity contribution in [3.8, 4) is 5.75 Å². The number of hydrogen-bond donors (Lipinski definition) is 2. The molecule has 0 unspecified atom stereocenters. The van der Waals surface area contributed by atoms with Crippen LogP contribution in [0, 0.1) is 5.82 Å². The van der Waals surface area contributed by atoms with Gasteiger partial charge in [0.1, 0.15) is 11.6 Å². The molecule has 1 aromatic rings. The summed E-state index contributed by atoms with van der Waals surface area (Å²) in [5, 5.41) is 3.12. The molecule has 90 valence electrons. The third-order valence-electron chi connectivity index (χ3n) is 2.54. The molecule has 0 aromatic heterocycles. The first-order valence-electron chi connectivity index (χ1n) is 5.32. The maximum atomic E-state index is 13.0. The predicted molar refractivity (Wildman–Crippen MR) is 69.3 cm³/mol. The van der Waals surface area contributed by atoms with E-state index in [9.17, 15) is 4.39 Å². The van der Waals surface area contributed by atoms with Gasteiger partial charge < -0.3 is 15.8 Å². The lowest BCUT2D eigenvalue weighted by Crippen LogP contribution is -2.29. The number of benzene rings is 1. The van der Waals surface area contributed by atoms with Gasteiger partial charge >= 0.3 is 0 Å². The van der Waals surface area contributed by atoms with Crippen molar-refractivity contribution >= 4 is 22.9 Å². The van der Waals surface area contributed by atoms with Crippen LogP contribution in [0.3, 0.4) is 0 Å². The molecule has 0 amide bonds. The lowest BCUT2D eigenvalue weighted by Gasteiger charge is -2.20. The van der Waals surface area contributed by atoms with Crippen molar-refractivity contribution in [3.05, 3.63) is 35.7 Å². The van der Waals surface area contributed by atoms with E-state index in [-0.39, 0.29) is 10.9 Å². The standard InChI is InChI=1S/C12H13FN2OS/c13-9-1-2-10-8(3-5-15-12(14)17)4-6-16-11(10)7-9/h1-3,7H,4-6H2,(H3,14,15,17). The lowest BCUT2D eigenvalue weighted by molar-refractivity contribution is 0.314. The molecule has 0 aliphatic carbocycles. The second-order valence-electron chi connectivity index (χ2n) is 3.71. The Morgan fingerprint density at radius 1 is 1.59 bits per heavy atom. The summed E-state index contributed by atoms with van der Waals surface area (Å²) < 4.78 is 18.4. The average Bonchev–Trinajstić information content (AvgIpc) is 2.28. The molecule has 0 saturated carbocycles. The van der Waals surface area contributed by atoms with Crippen LogP contribution in [-0.2, 0) is 0 Å². The molecule has 0 atom stereocenters. The number of fused-ring (bicyclic) bond motifs is 1. The Morgan fingerprint density at radius 3 is 3.18 bits per heavy atom. The fraction of sp³-hybridized carbons (Fsp3) is 0.250. The number of thiocarbonyl (C=S) groups is 1. The molecule has 3 N–H and O–H groups in total. The topological polar surface area (TPSA) is 47.3 Å². The molecule has 0 saturated heterocycles. The number of ether oxygens (including phenoxy) is 1. The Kier molecular flexibility index (Phi) is 3.58. The van der Waals surface area contributed by atoms with Gasteiger partial charge in [0, 0.05) is 24.6 Å². The van der Waals surface area contributed by atoms with Crippen LogP contribution in [0.5, 0.6) is 5.75 Å². The summed E-state index contributed by atoms with van der Waals surface area (Å²) >= 11 is 4.72. The van der Waals surface area contributed by atoms with Crippen molar-refractivity contribution < 1.29 is 9.13 Å². The molecule has 1 aliphatic rings. The Bertz CT molecular complexity index is 474. The highest BCUT2D eigenvalue weighted by Crippen LogP contribution is 2.32. The van der Waals surface area contributed by atoms with E-state index < -0.39 is 0 Å². The van der Waals surface area contributed by atoms with Crippen LogP contribution in [0.1, 0.15) is 12.0 Å². The van der Waals surface area contributed by atoms with Gasteiger partial charge in [-0.1, -0.05) is 6.08 Å². The van der Waals surface area contributed by atoms with E-state index in [0.717, 1.165) is 17.6 Å². The van der Waals surface area contributed by atoms with Gasteiger partial charge in [0.05, 0.1) is 6.61 Å². The van der Waals surface area contributed by atoms with Crippen molar-refractivity contribution in [1.82, 2.24) is 5.32 Å². The van der Waals surface area contributed by atoms with Gasteiger partial charge in [-0.15, -0.1) is 0 Å². The van der Waals surface area contributed by atoms with E-state index in [0.29, 0.717) is 18.9 Å². The van der Waals surface area contributed by atoms with E-state index >= 15 is 0 Å². The third-order valence-corrected chi connectivity index (χ3v) is 2.69. The minimum Gasteiger partial charge on any atom is -0.493 e. The van der Waals surface area contributed by atoms with E-state index in [1.165, 1.54) is 12.1 Å². The van der Waals surface area contributed by atoms with Crippen LogP contribution < -0.4 is 15.8 Å². The van der Waals surface area contributed by atoms with Gasteiger partial charge in [-0.05, 0) is 29.9 Å². The second kappa shape index (κ2) is 5.14. The maximum Gasteiger partial charge on any atom is 0.163 e. The molecule has 1 heterocycles. The molecule has 3 nitrogen and oxygen atoms in total. The Hall–Kier alpha value is -1.62. The van der Waals surface area contributed by atoms with Crippen molar-refractivity contribution in [2.45, 2.75) is 6.42 Å². The van der Waals surface area contributed by atoms with Gasteiger partial charge in [-0.3, -0.25) is 0 Å². The van der Waals surface area contributed by atoms with E-state index in [4.69, 9.17) is 22.7 Å². The lowest BCUT2D eigenvalue weighted by atomic mass is 9.99. The molecule has 1 aliphatic heterocycles. The first-order valence-corrected chi connectivity index (χ1v) is 5.72. The molecule has 0 fully saturated rings. The van der Waals surface area contributed by atoms with Gasteiger partial charge in [0.25, 0.3) is 0 Å². The number of halogens is 1. The number of nitrogens with two attached hydrogens (primary N) is 1. The highest BCUT2D eigenvalue weighted by atomic mass is 32.1. The summed E-state index contributed by atoms with van der Waals surface area (Å²) in [6.07, 6.45) is 2.80. The third kappa shape index (κ3) is 2.94. The molecule has 5 heteroatoms. The number of rotatable bonds is 2. The SMILES string of the molecule is NC(=S)NCC=C1CCOc2cc(F)ccc21. The first kappa shape index (κ1) is 11.9. The van der Waals surface area contributed by atoms with Gasteiger partial charge in [0.2, 0.25) is 0 Å². The minimum atomic E-state index is -0.286. The van der Waals surface area contributed by atoms with Crippen LogP contribution in [0.2, 0.25) is 0 Å². The van der Waals surface area contributed by atoms with Gasteiger partial charge in [0.15, 0.2) is 5.11 Å². The summed E-state index contributed by atoms with van der Waals surface area (Å²) in [7, 11) is 0. The zero-order valence-corrected chi connectivity index (χ0v) is 10.0. The van der Waals surface area contributed by atoms with Crippen LogP contribution >= 0.6 is 12.2 Å². The van der Waals surface area contributed by atoms with Crippen LogP contribution in [-0.4, -0.2) is 18.3 Å². The van der Waals surface area contributed by atoms with E-state index in [2.05, 4.69) is 5.32 Å². The highest BCUT2D eigenvalue weighted by Gasteiger charge is 2.15. The molecular formula is C12H13FN2OS. The number of hydrogen-bond acceptors (Lipinski definition) is 2. The quantitative estimate of drug-likeness (QED) is 0.788. The normalized spacial score (nSPS) is 16.2. The summed E-state index contributed by atoms with van der Waals surface area (Å²) in [5.41, 5.74) is 7.39. The van der Waals surface area contributed by atoms with Crippen molar-refractivity contribution in [2.75, 3.05) is 13.2 Å². The smallest absolute Gasteiger partial charge is 0.163 e. The summed E-state index contributed by atoms with van der Waals surface area (Å²) in [6.45, 7) is 1.14. The first-order chi connectivity index (χ1) is 8.16. The molecule has 2 rings (SSSR count). The molecule has 0 bridgehead atoms. The van der Waals surface area contributed by atoms with Crippen molar-refractivity contribution in [2.24, 2.45) is 5.73 Å². The van der Waals surface area contributed by atoms with Crippen molar-refractivity contribution in [1.29, 1.82) is 0 Å². The maximum absolute atomic E-state index is 13.0. The van der Waals surface area contributed by atoms with Crippen LogP contribution in [0.25, 0.3) is 5.57 Å². The van der Waals surface area contributed by atoms with Gasteiger partial charge in [-0.25, -0.2) is 4.39 Å². The Labute approximate surface area is 104 Å². The van der Waals surface area contributed by atoms with Gasteiger partial charge in [-0.2, -0.15) is 0 Å². The molecule has 1 aromatic carbocycles. The fourth-order valence-electron chi connectivity index (χ4n) is 1.77. The average molecular weight is 252 g/mol. The summed E-state index contributed by atoms with van der Waals surface area (Å²) in [4.78, 5) is 0. The Morgan fingerprint density at radius 2 is 2.41 bits per heavy atom. The van der Waals surface area contributed by atoms with Crippen LogP contribution in [0.15, 0.2) is 24.3 Å². The van der Waals surface area contributed by atoms with E-state index in [1.807, 2.05) is 6.08 Å². The number of nitrogens with one attached hydrogen (secondary N) is 1. The molecule has 0 radical (unpaired) electrons. The molecule has 17 heavy (non-hydrogen) atoms. The minimum absolute atomic E-state index is 0.272. The highest BCUT2D eigenvalue weighted by molar-refractivity contribution is 7.80. The summed E-state index contributed by atoms with van der Waals surface area (Å²) in [6, 6.07) is 4.57. The van der Waals surface area contributed by atoms with Crippen LogP contribution in [0.4, 0.5) is 4.39 Å². The van der Waals surface area contributed by atoms with E-state index in [1.54, 1.807) is 6.07 Å². The zero-order chi connectivity index (χ0) is 12.3. The second-order valence-corrected chi connectivity index (χ2v) is 4.15. The predicted octanol–water partition coefficient (Wildman–Crippen LogP) is 1.82. The van der Waals surface area contributed by atoms with Crippen molar-refractivity contribution in [3.63, 3.8) is 0 Å². The summed E-state index contributed by atoms with van der Waals surface area (Å²) in [5.74, 6) is 0.309. The monoisotopic (exact) mass is 252 g/mol. The largest absolute Gasteiger partial charge is 0.493 e. The zero-order valence-electron chi connectivity index (χ0n) is 9.20.